The Morgan fingerprint density at radius 3 is 2.65 bits per heavy atom. The number of rotatable bonds is 5. The predicted octanol–water partition coefficient (Wildman–Crippen LogP) is 0.274. The number of benzene rings is 1. The highest BCUT2D eigenvalue weighted by Gasteiger charge is 2.30. The lowest BCUT2D eigenvalue weighted by molar-refractivity contribution is -0.385. The van der Waals surface area contributed by atoms with Gasteiger partial charge in [-0.2, -0.15) is 0 Å². The van der Waals surface area contributed by atoms with Crippen molar-refractivity contribution in [3.63, 3.8) is 0 Å². The molecule has 2 unspecified atom stereocenters. The summed E-state index contributed by atoms with van der Waals surface area (Å²) in [5, 5.41) is 29.9. The number of nitro groups is 1. The lowest BCUT2D eigenvalue weighted by Gasteiger charge is -2.18. The van der Waals surface area contributed by atoms with Crippen LogP contribution < -0.4 is 5.73 Å². The van der Waals surface area contributed by atoms with E-state index < -0.39 is 45.9 Å². The van der Waals surface area contributed by atoms with Gasteiger partial charge in [-0.1, -0.05) is 0 Å². The maximum absolute atomic E-state index is 13.4. The number of nitrogens with two attached hydrogens (primary N) is 1. The summed E-state index contributed by atoms with van der Waals surface area (Å²) in [6, 6.07) is 1.35. The van der Waals surface area contributed by atoms with E-state index in [1.165, 1.54) is 6.92 Å². The highest BCUT2D eigenvalue weighted by atomic mass is 19.1. The van der Waals surface area contributed by atoms with Gasteiger partial charge in [-0.15, -0.1) is 0 Å². The van der Waals surface area contributed by atoms with Crippen molar-refractivity contribution < 1.29 is 29.1 Å². The molecule has 4 N–H and O–H groups in total. The molecule has 0 heterocycles. The van der Waals surface area contributed by atoms with Crippen molar-refractivity contribution in [2.75, 3.05) is 12.3 Å². The topological polar surface area (TPSA) is 136 Å². The van der Waals surface area contributed by atoms with E-state index in [4.69, 9.17) is 5.73 Å². The van der Waals surface area contributed by atoms with Crippen molar-refractivity contribution in [3.05, 3.63) is 33.6 Å². The number of aliphatic hydroxyl groups excluding tert-OH is 2. The van der Waals surface area contributed by atoms with Gasteiger partial charge in [-0.05, 0) is 6.92 Å². The molecule has 0 saturated heterocycles. The number of esters is 1. The van der Waals surface area contributed by atoms with Crippen LogP contribution in [0.15, 0.2) is 12.1 Å². The van der Waals surface area contributed by atoms with E-state index in [1.54, 1.807) is 0 Å². The molecule has 0 aliphatic heterocycles. The second-order valence-corrected chi connectivity index (χ2v) is 3.83. The van der Waals surface area contributed by atoms with Gasteiger partial charge in [0.1, 0.15) is 6.10 Å². The van der Waals surface area contributed by atoms with Gasteiger partial charge in [0.15, 0.2) is 11.9 Å². The number of halogens is 1. The van der Waals surface area contributed by atoms with Crippen LogP contribution >= 0.6 is 0 Å². The molecular formula is C11H13FN2O6. The Morgan fingerprint density at radius 1 is 1.55 bits per heavy atom. The molecule has 0 aliphatic rings. The first-order valence-corrected chi connectivity index (χ1v) is 5.55. The van der Waals surface area contributed by atoms with Crippen molar-refractivity contribution in [2.24, 2.45) is 0 Å². The molecule has 1 rings (SSSR count). The van der Waals surface area contributed by atoms with Crippen molar-refractivity contribution >= 4 is 17.3 Å². The minimum absolute atomic E-state index is 0.0403. The molecule has 0 fully saturated rings. The number of non-ortho nitro benzene ring substituents is 1. The number of ether oxygens (including phenoxy) is 1. The van der Waals surface area contributed by atoms with Crippen LogP contribution in [0, 0.1) is 15.9 Å². The molecular weight excluding hydrogens is 275 g/mol. The second-order valence-electron chi connectivity index (χ2n) is 3.83. The van der Waals surface area contributed by atoms with Gasteiger partial charge in [-0.3, -0.25) is 10.1 Å². The molecule has 2 atom stereocenters. The summed E-state index contributed by atoms with van der Waals surface area (Å²) in [6.07, 6.45) is -3.97. The molecule has 0 saturated carbocycles. The number of nitrogens with zero attached hydrogens (tertiary/aromatic N) is 1. The summed E-state index contributed by atoms with van der Waals surface area (Å²) >= 11 is 0. The van der Waals surface area contributed by atoms with Crippen molar-refractivity contribution in [1.82, 2.24) is 0 Å². The quantitative estimate of drug-likeness (QED) is 0.306. The highest BCUT2D eigenvalue weighted by Crippen LogP contribution is 2.30. The van der Waals surface area contributed by atoms with E-state index in [1.807, 2.05) is 0 Å². The van der Waals surface area contributed by atoms with E-state index >= 15 is 0 Å². The zero-order valence-corrected chi connectivity index (χ0v) is 10.4. The minimum atomic E-state index is -2.03. The summed E-state index contributed by atoms with van der Waals surface area (Å²) in [6.45, 7) is 1.44. The molecule has 0 aromatic heterocycles. The van der Waals surface area contributed by atoms with Crippen LogP contribution in [0.2, 0.25) is 0 Å². The van der Waals surface area contributed by atoms with Crippen LogP contribution in [0.4, 0.5) is 15.8 Å². The number of anilines is 1. The van der Waals surface area contributed by atoms with Crippen LogP contribution in [0.3, 0.4) is 0 Å². The first-order valence-electron chi connectivity index (χ1n) is 5.55. The fraction of sp³-hybridized carbons (Fsp3) is 0.364. The largest absolute Gasteiger partial charge is 0.464 e. The summed E-state index contributed by atoms with van der Waals surface area (Å²) < 4.78 is 17.9. The van der Waals surface area contributed by atoms with E-state index in [2.05, 4.69) is 4.74 Å². The van der Waals surface area contributed by atoms with E-state index in [9.17, 15) is 29.5 Å². The maximum atomic E-state index is 13.4. The average Bonchev–Trinajstić information content (AvgIpc) is 2.40. The van der Waals surface area contributed by atoms with Crippen LogP contribution in [0.5, 0.6) is 0 Å². The molecule has 0 bridgehead atoms. The molecule has 20 heavy (non-hydrogen) atoms. The van der Waals surface area contributed by atoms with Gasteiger partial charge in [0.25, 0.3) is 5.69 Å². The normalized spacial score (nSPS) is 13.6. The summed E-state index contributed by atoms with van der Waals surface area (Å²) in [5.41, 5.74) is 3.63. The maximum Gasteiger partial charge on any atom is 0.338 e. The Balaban J connectivity index is 3.17. The highest BCUT2D eigenvalue weighted by molar-refractivity contribution is 5.76. The van der Waals surface area contributed by atoms with Crippen LogP contribution in [-0.2, 0) is 9.53 Å². The monoisotopic (exact) mass is 288 g/mol. The third-order valence-electron chi connectivity index (χ3n) is 2.50. The molecule has 1 aromatic carbocycles. The Kier molecular flexibility index (Phi) is 4.94. The van der Waals surface area contributed by atoms with Crippen LogP contribution in [-0.4, -0.2) is 33.8 Å². The van der Waals surface area contributed by atoms with Gasteiger partial charge in [0.2, 0.25) is 0 Å². The molecule has 0 amide bonds. The van der Waals surface area contributed by atoms with Crippen molar-refractivity contribution in [1.29, 1.82) is 0 Å². The molecule has 0 spiro atoms. The summed E-state index contributed by atoms with van der Waals surface area (Å²) in [5.74, 6) is -2.28. The first-order chi connectivity index (χ1) is 9.29. The number of nitro benzene ring substituents is 1. The Morgan fingerprint density at radius 2 is 2.15 bits per heavy atom. The van der Waals surface area contributed by atoms with E-state index in [0.29, 0.717) is 6.07 Å². The molecule has 9 heteroatoms. The molecule has 1 aromatic rings. The number of carbonyl (C=O) groups excluding carboxylic acids is 1. The number of nitrogen functional groups attached to an aromatic ring is 1. The lowest BCUT2D eigenvalue weighted by Crippen LogP contribution is -2.30. The summed E-state index contributed by atoms with van der Waals surface area (Å²) in [4.78, 5) is 21.0. The first kappa shape index (κ1) is 15.8. The molecule has 8 nitrogen and oxygen atoms in total. The fourth-order valence-electron chi connectivity index (χ4n) is 1.50. The Bertz CT molecular complexity index is 536. The summed E-state index contributed by atoms with van der Waals surface area (Å²) in [7, 11) is 0. The lowest BCUT2D eigenvalue weighted by atomic mass is 10.0. The smallest absolute Gasteiger partial charge is 0.338 e. The zero-order chi connectivity index (χ0) is 15.4. The molecule has 0 aliphatic carbocycles. The van der Waals surface area contributed by atoms with Crippen LogP contribution in [0.25, 0.3) is 0 Å². The Labute approximate surface area is 112 Å². The zero-order valence-electron chi connectivity index (χ0n) is 10.4. The van der Waals surface area contributed by atoms with Crippen molar-refractivity contribution in [2.45, 2.75) is 19.1 Å². The number of hydrogen-bond acceptors (Lipinski definition) is 7. The number of aliphatic hydroxyl groups is 2. The second kappa shape index (κ2) is 6.26. The average molecular weight is 288 g/mol. The van der Waals surface area contributed by atoms with E-state index in [0.717, 1.165) is 6.07 Å². The van der Waals surface area contributed by atoms with Gasteiger partial charge in [0, 0.05) is 11.6 Å². The molecule has 110 valence electrons. The minimum Gasteiger partial charge on any atom is -0.464 e. The standard InChI is InChI=1S/C11H13FN2O6/c1-2-20-11(17)10(16)9(15)6-3-5(14(18)19)4-7(12)8(6)13/h3-4,9-10,15-16H,2,13H2,1H3. The van der Waals surface area contributed by atoms with Crippen LogP contribution in [0.1, 0.15) is 18.6 Å². The number of carbonyl (C=O) groups is 1. The number of hydrogen-bond donors (Lipinski definition) is 3. The fourth-order valence-corrected chi connectivity index (χ4v) is 1.50. The predicted molar refractivity (Wildman–Crippen MR) is 65.1 cm³/mol. The SMILES string of the molecule is CCOC(=O)C(O)C(O)c1cc([N+](=O)[O-])cc(F)c1N. The van der Waals surface area contributed by atoms with Gasteiger partial charge < -0.3 is 20.7 Å². The van der Waals surface area contributed by atoms with Gasteiger partial charge in [-0.25, -0.2) is 9.18 Å². The Hall–Kier alpha value is -2.26. The van der Waals surface area contributed by atoms with Crippen molar-refractivity contribution in [3.8, 4) is 0 Å². The van der Waals surface area contributed by atoms with E-state index in [-0.39, 0.29) is 6.61 Å². The van der Waals surface area contributed by atoms with Gasteiger partial charge in [0.05, 0.1) is 23.3 Å². The third-order valence-corrected chi connectivity index (χ3v) is 2.50. The van der Waals surface area contributed by atoms with Gasteiger partial charge >= 0.3 is 5.97 Å². The molecule has 0 radical (unpaired) electrons. The third kappa shape index (κ3) is 3.19.